The minimum atomic E-state index is -0.309. The van der Waals surface area contributed by atoms with Crippen LogP contribution < -0.4 is 5.69 Å². The summed E-state index contributed by atoms with van der Waals surface area (Å²) in [6.07, 6.45) is 1.49. The highest BCUT2D eigenvalue weighted by Gasteiger charge is 2.16. The third kappa shape index (κ3) is 4.46. The van der Waals surface area contributed by atoms with Gasteiger partial charge in [-0.05, 0) is 35.0 Å². The van der Waals surface area contributed by atoms with Gasteiger partial charge in [0, 0.05) is 41.7 Å². The Morgan fingerprint density at radius 1 is 1.19 bits per heavy atom. The predicted molar refractivity (Wildman–Crippen MR) is 122 cm³/mol. The zero-order chi connectivity index (χ0) is 21.8. The molecule has 0 aliphatic carbocycles. The van der Waals surface area contributed by atoms with E-state index in [1.165, 1.54) is 14.3 Å². The zero-order valence-electron chi connectivity index (χ0n) is 17.8. The first-order chi connectivity index (χ1) is 15.1. The van der Waals surface area contributed by atoms with Gasteiger partial charge in [-0.3, -0.25) is 0 Å². The molecule has 1 aliphatic rings. The molecule has 0 saturated heterocycles. The number of aromatic nitrogens is 4. The maximum absolute atomic E-state index is 12.3. The summed E-state index contributed by atoms with van der Waals surface area (Å²) in [6, 6.07) is 14.0. The molecule has 1 aromatic heterocycles. The summed E-state index contributed by atoms with van der Waals surface area (Å²) in [4.78, 5) is 13.6. The fourth-order valence-corrected chi connectivity index (χ4v) is 4.37. The molecule has 0 N–H and O–H groups in total. The molecule has 0 saturated carbocycles. The number of hydrogen-bond acceptors (Lipinski definition) is 7. The first-order valence-electron chi connectivity index (χ1n) is 10.1. The zero-order valence-corrected chi connectivity index (χ0v) is 18.6. The Balaban J connectivity index is 1.58. The predicted octanol–water partition coefficient (Wildman–Crippen LogP) is 3.50. The quantitative estimate of drug-likeness (QED) is 0.347. The summed E-state index contributed by atoms with van der Waals surface area (Å²) in [5.74, 6) is 1.54. The molecule has 4 rings (SSSR count). The summed E-state index contributed by atoms with van der Waals surface area (Å²) in [5, 5.41) is 16.7. The van der Waals surface area contributed by atoms with E-state index in [1.54, 1.807) is 7.05 Å². The van der Waals surface area contributed by atoms with Gasteiger partial charge < -0.3 is 4.74 Å². The van der Waals surface area contributed by atoms with E-state index in [1.807, 2.05) is 55.9 Å². The van der Waals surface area contributed by atoms with Gasteiger partial charge in [0.05, 0.1) is 11.4 Å². The molecule has 9 heteroatoms. The molecule has 2 heterocycles. The van der Waals surface area contributed by atoms with Crippen molar-refractivity contribution in [1.29, 1.82) is 0 Å². The highest BCUT2D eigenvalue weighted by Crippen LogP contribution is 2.30. The second-order valence-electron chi connectivity index (χ2n) is 7.15. The highest BCUT2D eigenvalue weighted by atomic mass is 32.2. The Bertz CT molecular complexity index is 1210. The average molecular weight is 437 g/mol. The van der Waals surface area contributed by atoms with E-state index < -0.39 is 0 Å². The van der Waals surface area contributed by atoms with Crippen molar-refractivity contribution in [3.05, 3.63) is 69.6 Å². The molecule has 0 bridgehead atoms. The lowest BCUT2D eigenvalue weighted by Gasteiger charge is -2.16. The number of nitrogens with zero attached hydrogens (tertiary/aromatic N) is 6. The van der Waals surface area contributed by atoms with Crippen LogP contribution in [0.15, 0.2) is 62.4 Å². The number of ether oxygens (including phenoxy) is 1. The molecule has 160 valence electrons. The lowest BCUT2D eigenvalue weighted by atomic mass is 10.1. The van der Waals surface area contributed by atoms with Gasteiger partial charge in [0.1, 0.15) is 6.61 Å². The largest absolute Gasteiger partial charge is 0.475 e. The van der Waals surface area contributed by atoms with Crippen molar-refractivity contribution in [2.75, 3.05) is 5.75 Å². The molecule has 0 radical (unpaired) electrons. The number of fused-ring (bicyclic) bond motifs is 1. The van der Waals surface area contributed by atoms with Crippen molar-refractivity contribution in [2.45, 2.75) is 38.2 Å². The Hall–Kier alpha value is -3.20. The number of thioether (sulfide) groups is 1. The van der Waals surface area contributed by atoms with E-state index in [0.717, 1.165) is 34.6 Å². The third-order valence-corrected chi connectivity index (χ3v) is 6.17. The lowest BCUT2D eigenvalue weighted by Crippen LogP contribution is -2.23. The monoisotopic (exact) mass is 436 g/mol. The van der Waals surface area contributed by atoms with Crippen LogP contribution in [0.1, 0.15) is 36.5 Å². The summed E-state index contributed by atoms with van der Waals surface area (Å²) in [5.41, 5.74) is 4.32. The fraction of sp³-hybridized carbons (Fsp3) is 0.318. The maximum Gasteiger partial charge on any atom is 0.368 e. The molecular formula is C22H24N6O2S. The number of aryl methyl sites for hydroxylation is 2. The van der Waals surface area contributed by atoms with Gasteiger partial charge in [-0.1, -0.05) is 37.3 Å². The van der Waals surface area contributed by atoms with Crippen LogP contribution in [0.25, 0.3) is 5.69 Å². The SMILES string of the molecule is CCC(=NN=C1CCSc2ccccc21)OCc1c(C)cccc1-n1nnn(C)c1=O. The van der Waals surface area contributed by atoms with Crippen molar-refractivity contribution in [2.24, 2.45) is 17.3 Å². The maximum atomic E-state index is 12.3. The second kappa shape index (κ2) is 9.30. The first-order valence-corrected chi connectivity index (χ1v) is 11.1. The van der Waals surface area contributed by atoms with Crippen LogP contribution in [0.3, 0.4) is 0 Å². The standard InChI is InChI=1S/C22H24N6O2S/c1-4-21(24-23-18-12-13-31-20-11-6-5-9-16(18)20)30-14-17-15(2)8-7-10-19(17)28-22(29)27(3)25-26-28/h5-11H,4,12-14H2,1-3H3. The van der Waals surface area contributed by atoms with Crippen molar-refractivity contribution in [3.63, 3.8) is 0 Å². The van der Waals surface area contributed by atoms with Gasteiger partial charge in [-0.15, -0.1) is 16.9 Å². The van der Waals surface area contributed by atoms with Crippen molar-refractivity contribution in [3.8, 4) is 5.69 Å². The fourth-order valence-electron chi connectivity index (χ4n) is 3.34. The highest BCUT2D eigenvalue weighted by molar-refractivity contribution is 7.99. The van der Waals surface area contributed by atoms with Gasteiger partial charge in [0.2, 0.25) is 5.90 Å². The summed E-state index contributed by atoms with van der Waals surface area (Å²) < 4.78 is 8.49. The Labute approximate surface area is 184 Å². The van der Waals surface area contributed by atoms with Crippen molar-refractivity contribution >= 4 is 23.4 Å². The van der Waals surface area contributed by atoms with Crippen LogP contribution in [0, 0.1) is 6.92 Å². The number of tetrazole rings is 1. The molecule has 31 heavy (non-hydrogen) atoms. The average Bonchev–Trinajstić information content (AvgIpc) is 3.12. The van der Waals surface area contributed by atoms with E-state index in [-0.39, 0.29) is 12.3 Å². The summed E-state index contributed by atoms with van der Waals surface area (Å²) in [7, 11) is 1.57. The van der Waals surface area contributed by atoms with E-state index in [0.29, 0.717) is 18.0 Å². The van der Waals surface area contributed by atoms with Crippen molar-refractivity contribution < 1.29 is 4.74 Å². The number of hydrogen-bond donors (Lipinski definition) is 0. The molecule has 0 amide bonds. The van der Waals surface area contributed by atoms with Gasteiger partial charge in [-0.2, -0.15) is 14.5 Å². The molecule has 0 atom stereocenters. The van der Waals surface area contributed by atoms with E-state index in [9.17, 15) is 4.79 Å². The van der Waals surface area contributed by atoms with Gasteiger partial charge in [0.25, 0.3) is 0 Å². The Kier molecular flexibility index (Phi) is 6.31. The lowest BCUT2D eigenvalue weighted by molar-refractivity contribution is 0.282. The van der Waals surface area contributed by atoms with E-state index in [2.05, 4.69) is 32.8 Å². The number of rotatable bonds is 5. The molecule has 0 spiro atoms. The molecule has 2 aromatic carbocycles. The second-order valence-corrected chi connectivity index (χ2v) is 8.28. The first kappa shape index (κ1) is 21.0. The molecule has 8 nitrogen and oxygen atoms in total. The van der Waals surface area contributed by atoms with Gasteiger partial charge in [0.15, 0.2) is 0 Å². The molecular weight excluding hydrogens is 412 g/mol. The minimum absolute atomic E-state index is 0.259. The van der Waals surface area contributed by atoms with E-state index >= 15 is 0 Å². The molecule has 0 fully saturated rings. The van der Waals surface area contributed by atoms with Crippen LogP contribution in [0.2, 0.25) is 0 Å². The van der Waals surface area contributed by atoms with Gasteiger partial charge >= 0.3 is 5.69 Å². The van der Waals surface area contributed by atoms with E-state index in [4.69, 9.17) is 4.74 Å². The Morgan fingerprint density at radius 2 is 2.03 bits per heavy atom. The summed E-state index contributed by atoms with van der Waals surface area (Å²) >= 11 is 1.84. The van der Waals surface area contributed by atoms with Crippen molar-refractivity contribution in [1.82, 2.24) is 19.8 Å². The molecule has 1 aliphatic heterocycles. The molecule has 3 aromatic rings. The summed E-state index contributed by atoms with van der Waals surface area (Å²) in [6.45, 7) is 4.22. The van der Waals surface area contributed by atoms with Gasteiger partial charge in [-0.25, -0.2) is 4.79 Å². The normalized spacial score (nSPS) is 15.2. The third-order valence-electron chi connectivity index (χ3n) is 5.10. The van der Waals surface area contributed by atoms with Crippen LogP contribution in [0.4, 0.5) is 0 Å². The number of benzene rings is 2. The van der Waals surface area contributed by atoms with Crippen LogP contribution in [-0.4, -0.2) is 37.2 Å². The van der Waals surface area contributed by atoms with Crippen LogP contribution in [0.5, 0.6) is 0 Å². The Morgan fingerprint density at radius 3 is 2.81 bits per heavy atom. The minimum Gasteiger partial charge on any atom is -0.475 e. The topological polar surface area (TPSA) is 86.7 Å². The molecule has 0 unspecified atom stereocenters. The smallest absolute Gasteiger partial charge is 0.368 e. The van der Waals surface area contributed by atoms with Crippen LogP contribution in [-0.2, 0) is 18.4 Å². The van der Waals surface area contributed by atoms with Crippen LogP contribution >= 0.6 is 11.8 Å².